The first kappa shape index (κ1) is 13.5. The van der Waals surface area contributed by atoms with Crippen LogP contribution >= 0.6 is 0 Å². The normalized spacial score (nSPS) is 10.8. The Morgan fingerprint density at radius 2 is 2.05 bits per heavy atom. The Hall–Kier alpha value is -1.95. The van der Waals surface area contributed by atoms with Crippen LogP contribution in [0.3, 0.4) is 0 Å². The molecule has 1 heterocycles. The van der Waals surface area contributed by atoms with Gasteiger partial charge in [0.1, 0.15) is 5.82 Å². The van der Waals surface area contributed by atoms with E-state index in [4.69, 9.17) is 5.73 Å². The summed E-state index contributed by atoms with van der Waals surface area (Å²) >= 11 is 0. The lowest BCUT2D eigenvalue weighted by atomic mass is 10.1. The van der Waals surface area contributed by atoms with Crippen LogP contribution in [0.1, 0.15) is 11.4 Å². The molecule has 0 fully saturated rings. The molecule has 2 aromatic rings. The minimum absolute atomic E-state index is 0.0217. The highest BCUT2D eigenvalue weighted by atomic mass is 19.2. The SMILES string of the molecule is CN(Cc1nccn1C)c1ccc(CN)c(F)c1F. The molecular formula is C13H16F2N4. The predicted octanol–water partition coefficient (Wildman–Crippen LogP) is 1.79. The zero-order chi connectivity index (χ0) is 14.0. The maximum absolute atomic E-state index is 13.9. The van der Waals surface area contributed by atoms with Crippen molar-refractivity contribution in [1.29, 1.82) is 0 Å². The van der Waals surface area contributed by atoms with Crippen molar-refractivity contribution in [2.45, 2.75) is 13.1 Å². The van der Waals surface area contributed by atoms with Gasteiger partial charge in [0.25, 0.3) is 0 Å². The third-order valence-corrected chi connectivity index (χ3v) is 3.07. The third-order valence-electron chi connectivity index (χ3n) is 3.07. The van der Waals surface area contributed by atoms with E-state index >= 15 is 0 Å². The minimum atomic E-state index is -0.883. The molecule has 0 unspecified atom stereocenters. The van der Waals surface area contributed by atoms with E-state index in [2.05, 4.69) is 4.98 Å². The monoisotopic (exact) mass is 266 g/mol. The highest BCUT2D eigenvalue weighted by molar-refractivity contribution is 5.49. The van der Waals surface area contributed by atoms with Crippen molar-refractivity contribution < 1.29 is 8.78 Å². The Labute approximate surface area is 110 Å². The first-order valence-corrected chi connectivity index (χ1v) is 5.89. The lowest BCUT2D eigenvalue weighted by Crippen LogP contribution is -2.21. The molecule has 0 amide bonds. The van der Waals surface area contributed by atoms with E-state index in [0.717, 1.165) is 5.82 Å². The predicted molar refractivity (Wildman–Crippen MR) is 69.6 cm³/mol. The van der Waals surface area contributed by atoms with E-state index < -0.39 is 11.6 Å². The second-order valence-corrected chi connectivity index (χ2v) is 4.39. The summed E-state index contributed by atoms with van der Waals surface area (Å²) < 4.78 is 29.4. The quantitative estimate of drug-likeness (QED) is 0.917. The number of nitrogens with zero attached hydrogens (tertiary/aromatic N) is 3. The zero-order valence-corrected chi connectivity index (χ0v) is 10.9. The summed E-state index contributed by atoms with van der Waals surface area (Å²) in [4.78, 5) is 5.76. The van der Waals surface area contributed by atoms with Gasteiger partial charge in [-0.1, -0.05) is 6.07 Å². The van der Waals surface area contributed by atoms with Crippen LogP contribution in [0.15, 0.2) is 24.5 Å². The fraction of sp³-hybridized carbons (Fsp3) is 0.308. The number of halogens is 2. The first-order valence-electron chi connectivity index (χ1n) is 5.89. The number of aromatic nitrogens is 2. The summed E-state index contributed by atoms with van der Waals surface area (Å²) in [6.45, 7) is 0.369. The number of anilines is 1. The Morgan fingerprint density at radius 3 is 2.63 bits per heavy atom. The molecule has 0 radical (unpaired) electrons. The molecule has 0 atom stereocenters. The minimum Gasteiger partial charge on any atom is -0.365 e. The van der Waals surface area contributed by atoms with Gasteiger partial charge in [0, 0.05) is 38.6 Å². The molecule has 1 aromatic carbocycles. The van der Waals surface area contributed by atoms with E-state index in [-0.39, 0.29) is 17.8 Å². The molecule has 102 valence electrons. The second kappa shape index (κ2) is 5.36. The average molecular weight is 266 g/mol. The maximum Gasteiger partial charge on any atom is 0.182 e. The van der Waals surface area contributed by atoms with Crippen molar-refractivity contribution in [3.63, 3.8) is 0 Å². The Kier molecular flexibility index (Phi) is 3.80. The van der Waals surface area contributed by atoms with Crippen LogP contribution in [0.25, 0.3) is 0 Å². The molecule has 1 aromatic heterocycles. The number of imidazole rings is 1. The van der Waals surface area contributed by atoms with E-state index in [9.17, 15) is 8.78 Å². The van der Waals surface area contributed by atoms with Gasteiger partial charge in [0.05, 0.1) is 12.2 Å². The van der Waals surface area contributed by atoms with Crippen LogP contribution in [0.5, 0.6) is 0 Å². The van der Waals surface area contributed by atoms with Crippen LogP contribution in [0.4, 0.5) is 14.5 Å². The third kappa shape index (κ3) is 2.58. The van der Waals surface area contributed by atoms with Gasteiger partial charge in [-0.3, -0.25) is 0 Å². The van der Waals surface area contributed by atoms with Gasteiger partial charge >= 0.3 is 0 Å². The van der Waals surface area contributed by atoms with E-state index in [1.807, 2.05) is 11.6 Å². The molecule has 0 bridgehead atoms. The molecule has 0 spiro atoms. The van der Waals surface area contributed by atoms with Gasteiger partial charge in [-0.2, -0.15) is 0 Å². The first-order chi connectivity index (χ1) is 9.04. The smallest absolute Gasteiger partial charge is 0.182 e. The van der Waals surface area contributed by atoms with Crippen LogP contribution in [-0.4, -0.2) is 16.6 Å². The molecule has 0 saturated heterocycles. The van der Waals surface area contributed by atoms with Crippen molar-refractivity contribution in [3.05, 3.63) is 47.5 Å². The molecule has 4 nitrogen and oxygen atoms in total. The molecule has 2 N–H and O–H groups in total. The number of aryl methyl sites for hydroxylation is 1. The summed E-state index contributed by atoms with van der Waals surface area (Å²) in [7, 11) is 3.54. The van der Waals surface area contributed by atoms with Crippen LogP contribution in [0.2, 0.25) is 0 Å². The van der Waals surface area contributed by atoms with E-state index in [1.54, 1.807) is 24.3 Å². The Morgan fingerprint density at radius 1 is 1.32 bits per heavy atom. The highest BCUT2D eigenvalue weighted by Crippen LogP contribution is 2.24. The number of hydrogen-bond donors (Lipinski definition) is 1. The summed E-state index contributed by atoms with van der Waals surface area (Å²) in [6.07, 6.45) is 3.47. The zero-order valence-electron chi connectivity index (χ0n) is 10.9. The number of hydrogen-bond acceptors (Lipinski definition) is 3. The van der Waals surface area contributed by atoms with E-state index in [1.165, 1.54) is 12.1 Å². The molecule has 0 aliphatic heterocycles. The Balaban J connectivity index is 2.27. The van der Waals surface area contributed by atoms with Crippen molar-refractivity contribution in [1.82, 2.24) is 9.55 Å². The summed E-state index contributed by atoms with van der Waals surface area (Å²) in [5, 5.41) is 0. The highest BCUT2D eigenvalue weighted by Gasteiger charge is 2.16. The van der Waals surface area contributed by atoms with Crippen LogP contribution < -0.4 is 10.6 Å². The lowest BCUT2D eigenvalue weighted by molar-refractivity contribution is 0.497. The molecular weight excluding hydrogens is 250 g/mol. The summed E-state index contributed by atoms with van der Waals surface area (Å²) in [5.41, 5.74) is 5.71. The fourth-order valence-electron chi connectivity index (χ4n) is 1.88. The number of rotatable bonds is 4. The second-order valence-electron chi connectivity index (χ2n) is 4.39. The van der Waals surface area contributed by atoms with Gasteiger partial charge in [-0.25, -0.2) is 13.8 Å². The maximum atomic E-state index is 13.9. The van der Waals surface area contributed by atoms with Crippen molar-refractivity contribution >= 4 is 5.69 Å². The van der Waals surface area contributed by atoms with Gasteiger partial charge in [0.15, 0.2) is 11.6 Å². The molecule has 2 rings (SSSR count). The summed E-state index contributed by atoms with van der Waals surface area (Å²) in [6, 6.07) is 3.03. The molecule has 0 aliphatic carbocycles. The Bertz CT molecular complexity index is 580. The molecule has 6 heteroatoms. The van der Waals surface area contributed by atoms with Crippen molar-refractivity contribution in [3.8, 4) is 0 Å². The standard InChI is InChI=1S/C13H16F2N4/c1-18-6-5-17-11(18)8-19(2)10-4-3-9(7-16)12(14)13(10)15/h3-6H,7-8,16H2,1-2H3. The lowest BCUT2D eigenvalue weighted by Gasteiger charge is -2.20. The number of nitrogens with two attached hydrogens (primary N) is 1. The summed E-state index contributed by atoms with van der Waals surface area (Å²) in [5.74, 6) is -0.989. The van der Waals surface area contributed by atoms with Gasteiger partial charge < -0.3 is 15.2 Å². The average Bonchev–Trinajstić information content (AvgIpc) is 2.78. The molecule has 0 aliphatic rings. The van der Waals surface area contributed by atoms with Crippen LogP contribution in [-0.2, 0) is 20.1 Å². The number of benzene rings is 1. The molecule has 19 heavy (non-hydrogen) atoms. The van der Waals surface area contributed by atoms with E-state index in [0.29, 0.717) is 6.54 Å². The largest absolute Gasteiger partial charge is 0.365 e. The van der Waals surface area contributed by atoms with Gasteiger partial charge in [0.2, 0.25) is 0 Å². The van der Waals surface area contributed by atoms with Gasteiger partial charge in [-0.05, 0) is 6.07 Å². The topological polar surface area (TPSA) is 47.1 Å². The van der Waals surface area contributed by atoms with Crippen molar-refractivity contribution in [2.75, 3.05) is 11.9 Å². The van der Waals surface area contributed by atoms with Crippen molar-refractivity contribution in [2.24, 2.45) is 12.8 Å². The fourth-order valence-corrected chi connectivity index (χ4v) is 1.88. The van der Waals surface area contributed by atoms with Gasteiger partial charge in [-0.15, -0.1) is 0 Å². The molecule has 0 saturated carbocycles. The van der Waals surface area contributed by atoms with Crippen LogP contribution in [0, 0.1) is 11.6 Å².